The van der Waals surface area contributed by atoms with E-state index in [2.05, 4.69) is 33.4 Å². The zero-order chi connectivity index (χ0) is 17.1. The molecule has 5 heteroatoms. The van der Waals surface area contributed by atoms with Crippen LogP contribution >= 0.6 is 0 Å². The fourth-order valence-electron chi connectivity index (χ4n) is 3.04. The molecule has 0 atom stereocenters. The second kappa shape index (κ2) is 6.73. The first kappa shape index (κ1) is 15.3. The number of hydrogen-bond acceptors (Lipinski definition) is 3. The molecular formula is C20H18N4O. The van der Waals surface area contributed by atoms with E-state index in [-0.39, 0.29) is 5.91 Å². The summed E-state index contributed by atoms with van der Waals surface area (Å²) in [6.07, 6.45) is 6.43. The lowest BCUT2D eigenvalue weighted by Gasteiger charge is -2.26. The molecule has 0 radical (unpaired) electrons. The maximum Gasteiger partial charge on any atom is 0.272 e. The number of carbonyl (C=O) groups excluding carboxylic acids is 1. The lowest BCUT2D eigenvalue weighted by Crippen LogP contribution is -2.34. The summed E-state index contributed by atoms with van der Waals surface area (Å²) in [6, 6.07) is 15.9. The number of aromatic amines is 1. The molecule has 5 nitrogen and oxygen atoms in total. The van der Waals surface area contributed by atoms with Crippen molar-refractivity contribution in [1.29, 1.82) is 0 Å². The van der Waals surface area contributed by atoms with E-state index in [0.717, 1.165) is 17.7 Å². The fraction of sp³-hybridized carbons (Fsp3) is 0.150. The number of amides is 1. The molecule has 1 aliphatic rings. The van der Waals surface area contributed by atoms with Crippen molar-refractivity contribution in [3.8, 4) is 11.3 Å². The molecule has 0 unspecified atom stereocenters. The van der Waals surface area contributed by atoms with Crippen molar-refractivity contribution < 1.29 is 4.79 Å². The van der Waals surface area contributed by atoms with Crippen LogP contribution in [0.1, 0.15) is 22.5 Å². The van der Waals surface area contributed by atoms with Crippen LogP contribution in [0.5, 0.6) is 0 Å². The highest BCUT2D eigenvalue weighted by Gasteiger charge is 2.21. The number of H-pyrrole nitrogens is 1. The molecule has 0 fully saturated rings. The summed E-state index contributed by atoms with van der Waals surface area (Å²) in [5.74, 6) is -0.0174. The van der Waals surface area contributed by atoms with Gasteiger partial charge in [-0.1, -0.05) is 36.4 Å². The molecule has 3 heterocycles. The summed E-state index contributed by atoms with van der Waals surface area (Å²) in [4.78, 5) is 18.5. The van der Waals surface area contributed by atoms with Gasteiger partial charge < -0.3 is 4.90 Å². The smallest absolute Gasteiger partial charge is 0.272 e. The molecule has 124 valence electrons. The van der Waals surface area contributed by atoms with Gasteiger partial charge in [-0.2, -0.15) is 5.10 Å². The van der Waals surface area contributed by atoms with E-state index in [0.29, 0.717) is 18.8 Å². The van der Waals surface area contributed by atoms with E-state index >= 15 is 0 Å². The van der Waals surface area contributed by atoms with Crippen molar-refractivity contribution in [3.05, 3.63) is 78.3 Å². The van der Waals surface area contributed by atoms with Crippen molar-refractivity contribution in [2.45, 2.75) is 6.42 Å². The van der Waals surface area contributed by atoms with Gasteiger partial charge in [0.25, 0.3) is 5.91 Å². The zero-order valence-electron chi connectivity index (χ0n) is 13.7. The van der Waals surface area contributed by atoms with E-state index in [1.807, 2.05) is 35.2 Å². The van der Waals surface area contributed by atoms with Gasteiger partial charge in [0.05, 0.1) is 5.69 Å². The quantitative estimate of drug-likeness (QED) is 0.800. The average molecular weight is 330 g/mol. The largest absolute Gasteiger partial charge is 0.333 e. The number of nitrogens with one attached hydrogen (secondary N) is 1. The maximum absolute atomic E-state index is 12.7. The van der Waals surface area contributed by atoms with Crippen molar-refractivity contribution in [3.63, 3.8) is 0 Å². The molecule has 0 saturated carbocycles. The predicted octanol–water partition coefficient (Wildman–Crippen LogP) is 3.40. The molecule has 1 N–H and O–H groups in total. The zero-order valence-corrected chi connectivity index (χ0v) is 13.7. The second-order valence-corrected chi connectivity index (χ2v) is 6.00. The maximum atomic E-state index is 12.7. The lowest BCUT2D eigenvalue weighted by atomic mass is 9.99. The van der Waals surface area contributed by atoms with Crippen LogP contribution in [0.25, 0.3) is 16.8 Å². The number of rotatable bonds is 3. The number of carbonyl (C=O) groups is 1. The Kier molecular flexibility index (Phi) is 4.12. The molecule has 3 aromatic rings. The van der Waals surface area contributed by atoms with Gasteiger partial charge in [0.2, 0.25) is 0 Å². The predicted molar refractivity (Wildman–Crippen MR) is 96.8 cm³/mol. The summed E-state index contributed by atoms with van der Waals surface area (Å²) in [5, 5.41) is 7.11. The molecule has 1 amide bonds. The SMILES string of the molecule is O=C(c1cc(-c2ccncc2)n[nH]1)N1CC=C(c2ccccc2)CC1. The van der Waals surface area contributed by atoms with Crippen LogP contribution in [0, 0.1) is 0 Å². The van der Waals surface area contributed by atoms with Crippen LogP contribution in [0.2, 0.25) is 0 Å². The van der Waals surface area contributed by atoms with E-state index in [9.17, 15) is 4.79 Å². The average Bonchev–Trinajstić information content (AvgIpc) is 3.19. The van der Waals surface area contributed by atoms with Gasteiger partial charge in [0.15, 0.2) is 0 Å². The molecule has 0 spiro atoms. The molecular weight excluding hydrogens is 312 g/mol. The number of aromatic nitrogens is 3. The molecule has 1 aliphatic heterocycles. The Labute approximate surface area is 146 Å². The van der Waals surface area contributed by atoms with Crippen molar-refractivity contribution in [1.82, 2.24) is 20.1 Å². The first-order valence-electron chi connectivity index (χ1n) is 8.31. The minimum atomic E-state index is -0.0174. The van der Waals surface area contributed by atoms with E-state index in [1.54, 1.807) is 18.5 Å². The van der Waals surface area contributed by atoms with Gasteiger partial charge in [0, 0.05) is 31.0 Å². The van der Waals surface area contributed by atoms with Crippen molar-refractivity contribution >= 4 is 11.5 Å². The number of hydrogen-bond donors (Lipinski definition) is 1. The monoisotopic (exact) mass is 330 g/mol. The van der Waals surface area contributed by atoms with Crippen LogP contribution in [0.4, 0.5) is 0 Å². The van der Waals surface area contributed by atoms with Crippen LogP contribution in [-0.2, 0) is 0 Å². The first-order valence-corrected chi connectivity index (χ1v) is 8.31. The molecule has 2 aromatic heterocycles. The van der Waals surface area contributed by atoms with Gasteiger partial charge in [0.1, 0.15) is 5.69 Å². The van der Waals surface area contributed by atoms with E-state index in [4.69, 9.17) is 0 Å². The number of pyridine rings is 1. The summed E-state index contributed by atoms with van der Waals surface area (Å²) < 4.78 is 0. The van der Waals surface area contributed by atoms with Crippen LogP contribution in [-0.4, -0.2) is 39.1 Å². The van der Waals surface area contributed by atoms with Crippen LogP contribution in [0.15, 0.2) is 67.0 Å². The summed E-state index contributed by atoms with van der Waals surface area (Å²) in [5.41, 5.74) is 4.74. The minimum absolute atomic E-state index is 0.0174. The third-order valence-electron chi connectivity index (χ3n) is 4.43. The van der Waals surface area contributed by atoms with Gasteiger partial charge in [-0.3, -0.25) is 14.9 Å². The Morgan fingerprint density at radius 2 is 1.84 bits per heavy atom. The Bertz CT molecular complexity index is 900. The van der Waals surface area contributed by atoms with E-state index in [1.165, 1.54) is 11.1 Å². The molecule has 25 heavy (non-hydrogen) atoms. The Balaban J connectivity index is 1.48. The van der Waals surface area contributed by atoms with Gasteiger partial charge in [-0.15, -0.1) is 0 Å². The second-order valence-electron chi connectivity index (χ2n) is 6.00. The Hall–Kier alpha value is -3.21. The number of benzene rings is 1. The Morgan fingerprint density at radius 3 is 2.56 bits per heavy atom. The number of nitrogens with zero attached hydrogens (tertiary/aromatic N) is 3. The van der Waals surface area contributed by atoms with Gasteiger partial charge in [-0.25, -0.2) is 0 Å². The van der Waals surface area contributed by atoms with Crippen LogP contribution < -0.4 is 0 Å². The molecule has 0 aliphatic carbocycles. The third kappa shape index (κ3) is 3.21. The summed E-state index contributed by atoms with van der Waals surface area (Å²) >= 11 is 0. The van der Waals surface area contributed by atoms with Crippen molar-refractivity contribution in [2.75, 3.05) is 13.1 Å². The summed E-state index contributed by atoms with van der Waals surface area (Å²) in [6.45, 7) is 1.33. The van der Waals surface area contributed by atoms with Gasteiger partial charge in [-0.05, 0) is 35.8 Å². The molecule has 1 aromatic carbocycles. The lowest BCUT2D eigenvalue weighted by molar-refractivity contribution is 0.0767. The third-order valence-corrected chi connectivity index (χ3v) is 4.43. The Morgan fingerprint density at radius 1 is 1.04 bits per heavy atom. The van der Waals surface area contributed by atoms with Gasteiger partial charge >= 0.3 is 0 Å². The standard InChI is InChI=1S/C20H18N4O/c25-20(19-14-18(22-23-19)17-6-10-21-11-7-17)24-12-8-16(9-13-24)15-4-2-1-3-5-15/h1-8,10-11,14H,9,12-13H2,(H,22,23). The van der Waals surface area contributed by atoms with E-state index < -0.39 is 0 Å². The normalized spacial score (nSPS) is 14.2. The summed E-state index contributed by atoms with van der Waals surface area (Å²) in [7, 11) is 0. The van der Waals surface area contributed by atoms with Crippen molar-refractivity contribution in [2.24, 2.45) is 0 Å². The molecule has 0 saturated heterocycles. The minimum Gasteiger partial charge on any atom is -0.333 e. The molecule has 4 rings (SSSR count). The first-order chi connectivity index (χ1) is 12.3. The molecule has 0 bridgehead atoms. The van der Waals surface area contributed by atoms with Crippen LogP contribution in [0.3, 0.4) is 0 Å². The highest BCUT2D eigenvalue weighted by atomic mass is 16.2. The fourth-order valence-corrected chi connectivity index (χ4v) is 3.04. The topological polar surface area (TPSA) is 61.9 Å². The highest BCUT2D eigenvalue weighted by Crippen LogP contribution is 2.23. The highest BCUT2D eigenvalue weighted by molar-refractivity contribution is 5.94.